The summed E-state index contributed by atoms with van der Waals surface area (Å²) in [5.74, 6) is 0. The molecule has 0 fully saturated rings. The highest BCUT2D eigenvalue weighted by Crippen LogP contribution is 2.36. The number of aryl methyl sites for hydroxylation is 2. The summed E-state index contributed by atoms with van der Waals surface area (Å²) in [5, 5.41) is 6.87. The third kappa shape index (κ3) is 2.69. The normalized spacial score (nSPS) is 18.0. The summed E-state index contributed by atoms with van der Waals surface area (Å²) in [5.41, 5.74) is 11.8. The predicted octanol–water partition coefficient (Wildman–Crippen LogP) is 3.57. The second-order valence-electron chi connectivity index (χ2n) is 5.63. The Balaban J connectivity index is 2.00. The minimum Gasteiger partial charge on any atom is -0.325 e. The molecule has 2 aromatic rings. The van der Waals surface area contributed by atoms with Crippen molar-refractivity contribution in [2.75, 3.05) is 11.6 Å². The zero-order valence-electron chi connectivity index (χ0n) is 12.6. The number of nitrogens with two attached hydrogens (primary N) is 1. The topological polar surface area (TPSA) is 41.6 Å². The molecule has 1 aliphatic rings. The van der Waals surface area contributed by atoms with Crippen molar-refractivity contribution < 1.29 is 0 Å². The van der Waals surface area contributed by atoms with Crippen molar-refractivity contribution in [1.82, 2.24) is 0 Å². The molecule has 0 spiro atoms. The number of hydrogen-bond acceptors (Lipinski definition) is 3. The SMILES string of the molecule is Cc1ccc(C2CC(CN)=NN2c2ccccc2C)cc1. The van der Waals surface area contributed by atoms with E-state index < -0.39 is 0 Å². The van der Waals surface area contributed by atoms with Crippen molar-refractivity contribution in [3.05, 3.63) is 65.2 Å². The van der Waals surface area contributed by atoms with Gasteiger partial charge in [-0.25, -0.2) is 0 Å². The monoisotopic (exact) mass is 279 g/mol. The van der Waals surface area contributed by atoms with Gasteiger partial charge >= 0.3 is 0 Å². The van der Waals surface area contributed by atoms with E-state index in [2.05, 4.69) is 67.4 Å². The van der Waals surface area contributed by atoms with E-state index in [1.807, 2.05) is 0 Å². The van der Waals surface area contributed by atoms with Crippen molar-refractivity contribution in [1.29, 1.82) is 0 Å². The zero-order valence-corrected chi connectivity index (χ0v) is 12.6. The first-order chi connectivity index (χ1) is 10.2. The number of anilines is 1. The van der Waals surface area contributed by atoms with Crippen LogP contribution in [0.25, 0.3) is 0 Å². The lowest BCUT2D eigenvalue weighted by molar-refractivity contribution is 0.706. The number of rotatable bonds is 3. The van der Waals surface area contributed by atoms with Gasteiger partial charge < -0.3 is 5.73 Å². The molecule has 0 saturated carbocycles. The van der Waals surface area contributed by atoms with Crippen LogP contribution >= 0.6 is 0 Å². The molecular formula is C18H21N3. The highest BCUT2D eigenvalue weighted by molar-refractivity contribution is 5.90. The first-order valence-corrected chi connectivity index (χ1v) is 7.37. The van der Waals surface area contributed by atoms with Gasteiger partial charge in [0.25, 0.3) is 0 Å². The number of para-hydroxylation sites is 1. The molecule has 1 unspecified atom stereocenters. The first kappa shape index (κ1) is 13.8. The fraction of sp³-hybridized carbons (Fsp3) is 0.278. The molecule has 2 N–H and O–H groups in total. The Morgan fingerprint density at radius 2 is 1.81 bits per heavy atom. The highest BCUT2D eigenvalue weighted by atomic mass is 15.5. The Kier molecular flexibility index (Phi) is 3.76. The zero-order chi connectivity index (χ0) is 14.8. The van der Waals surface area contributed by atoms with Crippen LogP contribution < -0.4 is 10.7 Å². The fourth-order valence-corrected chi connectivity index (χ4v) is 2.79. The van der Waals surface area contributed by atoms with Crippen LogP contribution in [0.15, 0.2) is 53.6 Å². The maximum atomic E-state index is 5.82. The second-order valence-corrected chi connectivity index (χ2v) is 5.63. The Morgan fingerprint density at radius 3 is 2.48 bits per heavy atom. The van der Waals surface area contributed by atoms with Crippen molar-refractivity contribution in [2.24, 2.45) is 10.8 Å². The van der Waals surface area contributed by atoms with Crippen LogP contribution in [0.3, 0.4) is 0 Å². The molecule has 3 heteroatoms. The summed E-state index contributed by atoms with van der Waals surface area (Å²) in [4.78, 5) is 0. The molecule has 21 heavy (non-hydrogen) atoms. The van der Waals surface area contributed by atoms with Gasteiger partial charge in [-0.2, -0.15) is 5.10 Å². The summed E-state index contributed by atoms with van der Waals surface area (Å²) in [6, 6.07) is 17.3. The molecule has 108 valence electrons. The molecule has 3 nitrogen and oxygen atoms in total. The Labute approximate surface area is 126 Å². The van der Waals surface area contributed by atoms with Gasteiger partial charge in [0.15, 0.2) is 0 Å². The molecular weight excluding hydrogens is 258 g/mol. The van der Waals surface area contributed by atoms with Crippen molar-refractivity contribution in [3.8, 4) is 0 Å². The lowest BCUT2D eigenvalue weighted by atomic mass is 10.00. The molecule has 1 atom stereocenters. The van der Waals surface area contributed by atoms with E-state index in [9.17, 15) is 0 Å². The van der Waals surface area contributed by atoms with Crippen molar-refractivity contribution >= 4 is 11.4 Å². The van der Waals surface area contributed by atoms with Gasteiger partial charge in [0, 0.05) is 13.0 Å². The van der Waals surface area contributed by atoms with E-state index in [0.717, 1.165) is 17.8 Å². The third-order valence-corrected chi connectivity index (χ3v) is 4.03. The van der Waals surface area contributed by atoms with Gasteiger partial charge in [-0.05, 0) is 31.0 Å². The van der Waals surface area contributed by atoms with Gasteiger partial charge in [0.2, 0.25) is 0 Å². The standard InChI is InChI=1S/C18H21N3/c1-13-7-9-15(10-8-13)18-11-16(12-19)20-21(18)17-6-4-3-5-14(17)2/h3-10,18H,11-12,19H2,1-2H3. The van der Waals surface area contributed by atoms with Crippen LogP contribution in [0.5, 0.6) is 0 Å². The number of benzene rings is 2. The first-order valence-electron chi connectivity index (χ1n) is 7.37. The number of nitrogens with zero attached hydrogens (tertiary/aromatic N) is 2. The molecule has 0 aromatic heterocycles. The van der Waals surface area contributed by atoms with Crippen LogP contribution in [0.2, 0.25) is 0 Å². The van der Waals surface area contributed by atoms with E-state index in [0.29, 0.717) is 6.54 Å². The van der Waals surface area contributed by atoms with E-state index in [1.165, 1.54) is 16.7 Å². The van der Waals surface area contributed by atoms with E-state index in [-0.39, 0.29) is 6.04 Å². The Bertz CT molecular complexity index is 658. The summed E-state index contributed by atoms with van der Waals surface area (Å²) >= 11 is 0. The minimum absolute atomic E-state index is 0.241. The maximum absolute atomic E-state index is 5.82. The van der Waals surface area contributed by atoms with Crippen LogP contribution in [0, 0.1) is 13.8 Å². The lowest BCUT2D eigenvalue weighted by Crippen LogP contribution is -2.19. The fourth-order valence-electron chi connectivity index (χ4n) is 2.79. The average molecular weight is 279 g/mol. The van der Waals surface area contributed by atoms with E-state index in [1.54, 1.807) is 0 Å². The molecule has 1 heterocycles. The summed E-state index contributed by atoms with van der Waals surface area (Å²) in [7, 11) is 0. The Morgan fingerprint density at radius 1 is 1.10 bits per heavy atom. The number of hydrazone groups is 1. The maximum Gasteiger partial charge on any atom is 0.0828 e. The quantitative estimate of drug-likeness (QED) is 0.933. The minimum atomic E-state index is 0.241. The van der Waals surface area contributed by atoms with Gasteiger partial charge in [-0.15, -0.1) is 0 Å². The molecule has 0 amide bonds. The summed E-state index contributed by atoms with van der Waals surface area (Å²) < 4.78 is 0. The van der Waals surface area contributed by atoms with Gasteiger partial charge in [-0.3, -0.25) is 5.01 Å². The molecule has 3 rings (SSSR count). The molecule has 1 aliphatic heterocycles. The van der Waals surface area contributed by atoms with Crippen LogP contribution in [0.1, 0.15) is 29.2 Å². The molecule has 2 aromatic carbocycles. The molecule has 0 aliphatic carbocycles. The number of hydrogen-bond donors (Lipinski definition) is 1. The Hall–Kier alpha value is -2.13. The van der Waals surface area contributed by atoms with Crippen LogP contribution in [0.4, 0.5) is 5.69 Å². The predicted molar refractivity (Wildman–Crippen MR) is 88.7 cm³/mol. The largest absolute Gasteiger partial charge is 0.325 e. The second kappa shape index (κ2) is 5.70. The van der Waals surface area contributed by atoms with Crippen LogP contribution in [-0.2, 0) is 0 Å². The average Bonchev–Trinajstić information content (AvgIpc) is 2.92. The molecule has 0 bridgehead atoms. The smallest absolute Gasteiger partial charge is 0.0828 e. The lowest BCUT2D eigenvalue weighted by Gasteiger charge is -2.25. The van der Waals surface area contributed by atoms with Crippen molar-refractivity contribution in [2.45, 2.75) is 26.3 Å². The molecule has 0 radical (unpaired) electrons. The third-order valence-electron chi connectivity index (χ3n) is 4.03. The van der Waals surface area contributed by atoms with E-state index >= 15 is 0 Å². The molecule has 0 saturated heterocycles. The van der Waals surface area contributed by atoms with Gasteiger partial charge in [0.1, 0.15) is 0 Å². The van der Waals surface area contributed by atoms with Crippen LogP contribution in [-0.4, -0.2) is 12.3 Å². The van der Waals surface area contributed by atoms with Gasteiger partial charge in [0.05, 0.1) is 17.4 Å². The van der Waals surface area contributed by atoms with Crippen molar-refractivity contribution in [3.63, 3.8) is 0 Å². The summed E-state index contributed by atoms with van der Waals surface area (Å²) in [6.45, 7) is 4.75. The van der Waals surface area contributed by atoms with Gasteiger partial charge in [-0.1, -0.05) is 48.0 Å². The summed E-state index contributed by atoms with van der Waals surface area (Å²) in [6.07, 6.45) is 0.897. The highest BCUT2D eigenvalue weighted by Gasteiger charge is 2.29. The van der Waals surface area contributed by atoms with E-state index in [4.69, 9.17) is 10.8 Å².